The van der Waals surface area contributed by atoms with Gasteiger partial charge in [0.1, 0.15) is 23.5 Å². The van der Waals surface area contributed by atoms with Crippen LogP contribution >= 0.6 is 11.8 Å². The van der Waals surface area contributed by atoms with Crippen LogP contribution < -0.4 is 21.7 Å². The average molecular weight is 493 g/mol. The van der Waals surface area contributed by atoms with Gasteiger partial charge in [-0.15, -0.1) is 10.2 Å². The molecule has 0 aliphatic heterocycles. The predicted octanol–water partition coefficient (Wildman–Crippen LogP) is 2.22. The second-order valence-corrected chi connectivity index (χ2v) is 8.50. The fourth-order valence-electron chi connectivity index (χ4n) is 3.64. The Kier molecular flexibility index (Phi) is 7.16. The quantitative estimate of drug-likeness (QED) is 0.278. The molecular weight excluding hydrogens is 468 g/mol. The molecule has 2 aromatic heterocycles. The van der Waals surface area contributed by atoms with E-state index in [0.717, 1.165) is 27.6 Å². The lowest BCUT2D eigenvalue weighted by Gasteiger charge is -2.15. The highest BCUT2D eigenvalue weighted by molar-refractivity contribution is 7.99. The van der Waals surface area contributed by atoms with Gasteiger partial charge in [-0.1, -0.05) is 48.2 Å². The van der Waals surface area contributed by atoms with Crippen molar-refractivity contribution in [2.24, 2.45) is 0 Å². The highest BCUT2D eigenvalue weighted by atomic mass is 32.2. The number of ketones is 1. The summed E-state index contributed by atoms with van der Waals surface area (Å²) in [5.74, 6) is -0.0954. The number of aromatic nitrogens is 5. The van der Waals surface area contributed by atoms with E-state index >= 15 is 0 Å². The summed E-state index contributed by atoms with van der Waals surface area (Å²) in [6, 6.07) is 16.5. The van der Waals surface area contributed by atoms with E-state index in [1.54, 1.807) is 18.6 Å². The Morgan fingerprint density at radius 3 is 2.57 bits per heavy atom. The van der Waals surface area contributed by atoms with Gasteiger partial charge in [-0.3, -0.25) is 23.3 Å². The Labute approximate surface area is 205 Å². The SMILES string of the molecule is CCn1c(=O)c(C(=O)CSc2nncn2-c2cccc(OC)c2)c(N)n(Cc2ccccc2)c1=O. The van der Waals surface area contributed by atoms with Crippen molar-refractivity contribution < 1.29 is 9.53 Å². The Balaban J connectivity index is 1.64. The fourth-order valence-corrected chi connectivity index (χ4v) is 4.44. The van der Waals surface area contributed by atoms with E-state index in [9.17, 15) is 14.4 Å². The van der Waals surface area contributed by atoms with Gasteiger partial charge in [-0.2, -0.15) is 0 Å². The number of hydrogen-bond acceptors (Lipinski definition) is 8. The summed E-state index contributed by atoms with van der Waals surface area (Å²) >= 11 is 1.12. The van der Waals surface area contributed by atoms with Crippen molar-refractivity contribution in [3.8, 4) is 11.4 Å². The fraction of sp³-hybridized carbons (Fsp3) is 0.208. The molecule has 0 radical (unpaired) electrons. The Morgan fingerprint density at radius 2 is 1.86 bits per heavy atom. The van der Waals surface area contributed by atoms with Crippen molar-refractivity contribution in [2.45, 2.75) is 25.2 Å². The topological polar surface area (TPSA) is 127 Å². The zero-order valence-corrected chi connectivity index (χ0v) is 20.1. The van der Waals surface area contributed by atoms with Gasteiger partial charge in [0.25, 0.3) is 5.56 Å². The van der Waals surface area contributed by atoms with E-state index in [0.29, 0.717) is 10.9 Å². The minimum Gasteiger partial charge on any atom is -0.497 e. The highest BCUT2D eigenvalue weighted by Crippen LogP contribution is 2.23. The van der Waals surface area contributed by atoms with Crippen LogP contribution in [0.2, 0.25) is 0 Å². The number of rotatable bonds is 9. The normalized spacial score (nSPS) is 10.9. The summed E-state index contributed by atoms with van der Waals surface area (Å²) in [5, 5.41) is 8.49. The molecule has 0 fully saturated rings. The lowest BCUT2D eigenvalue weighted by Crippen LogP contribution is -2.44. The third-order valence-corrected chi connectivity index (χ3v) is 6.37. The van der Waals surface area contributed by atoms with Gasteiger partial charge in [0, 0.05) is 12.6 Å². The number of nitrogens with zero attached hydrogens (tertiary/aromatic N) is 5. The van der Waals surface area contributed by atoms with E-state index in [1.807, 2.05) is 54.6 Å². The molecule has 35 heavy (non-hydrogen) atoms. The lowest BCUT2D eigenvalue weighted by molar-refractivity contribution is 0.102. The number of carbonyl (C=O) groups excluding carboxylic acids is 1. The molecule has 0 spiro atoms. The maximum absolute atomic E-state index is 13.2. The van der Waals surface area contributed by atoms with Crippen LogP contribution in [0.1, 0.15) is 22.8 Å². The molecule has 0 aliphatic carbocycles. The molecule has 0 saturated heterocycles. The maximum atomic E-state index is 13.2. The van der Waals surface area contributed by atoms with Crippen molar-refractivity contribution >= 4 is 23.4 Å². The van der Waals surface area contributed by atoms with Crippen molar-refractivity contribution in [2.75, 3.05) is 18.6 Å². The first-order valence-corrected chi connectivity index (χ1v) is 11.8. The molecule has 2 aromatic carbocycles. The Bertz CT molecular complexity index is 1480. The summed E-state index contributed by atoms with van der Waals surface area (Å²) < 4.78 is 9.26. The van der Waals surface area contributed by atoms with Gasteiger partial charge in [0.2, 0.25) is 0 Å². The minimum absolute atomic E-state index is 0.115. The van der Waals surface area contributed by atoms with Crippen LogP contribution in [0.3, 0.4) is 0 Å². The van der Waals surface area contributed by atoms with Crippen LogP contribution in [0.25, 0.3) is 5.69 Å². The molecule has 11 heteroatoms. The van der Waals surface area contributed by atoms with Crippen LogP contribution in [0.4, 0.5) is 5.82 Å². The van der Waals surface area contributed by atoms with Crippen molar-refractivity contribution in [1.29, 1.82) is 0 Å². The number of anilines is 1. The van der Waals surface area contributed by atoms with Crippen LogP contribution in [-0.4, -0.2) is 42.5 Å². The van der Waals surface area contributed by atoms with E-state index in [1.165, 1.54) is 10.9 Å². The first-order valence-electron chi connectivity index (χ1n) is 10.8. The van der Waals surface area contributed by atoms with Gasteiger partial charge >= 0.3 is 5.69 Å². The first kappa shape index (κ1) is 24.0. The zero-order valence-electron chi connectivity index (χ0n) is 19.2. The number of nitrogen functional groups attached to an aromatic ring is 1. The van der Waals surface area contributed by atoms with Gasteiger partial charge in [-0.05, 0) is 24.6 Å². The molecule has 2 heterocycles. The largest absolute Gasteiger partial charge is 0.497 e. The van der Waals surface area contributed by atoms with Crippen LogP contribution in [0, 0.1) is 0 Å². The Morgan fingerprint density at radius 1 is 1.09 bits per heavy atom. The molecule has 10 nitrogen and oxygen atoms in total. The predicted molar refractivity (Wildman–Crippen MR) is 134 cm³/mol. The van der Waals surface area contributed by atoms with Crippen LogP contribution in [-0.2, 0) is 13.1 Å². The molecule has 0 unspecified atom stereocenters. The second-order valence-electron chi connectivity index (χ2n) is 7.56. The number of nitrogens with two attached hydrogens (primary N) is 1. The molecule has 0 bridgehead atoms. The number of benzene rings is 2. The summed E-state index contributed by atoms with van der Waals surface area (Å²) in [6.07, 6.45) is 1.53. The number of ether oxygens (including phenoxy) is 1. The Hall–Kier alpha value is -4.12. The summed E-state index contributed by atoms with van der Waals surface area (Å²) in [5.41, 5.74) is 6.35. The molecular formula is C24H24N6O4S. The smallest absolute Gasteiger partial charge is 0.332 e. The number of Topliss-reactive ketones (excluding diaryl/α,β-unsaturated/α-hetero) is 1. The number of thioether (sulfide) groups is 1. The number of carbonyl (C=O) groups is 1. The van der Waals surface area contributed by atoms with Crippen molar-refractivity contribution in [3.05, 3.63) is 92.9 Å². The van der Waals surface area contributed by atoms with Gasteiger partial charge in [0.05, 0.1) is 25.1 Å². The van der Waals surface area contributed by atoms with E-state index in [-0.39, 0.29) is 30.2 Å². The highest BCUT2D eigenvalue weighted by Gasteiger charge is 2.23. The lowest BCUT2D eigenvalue weighted by atomic mass is 10.2. The van der Waals surface area contributed by atoms with Gasteiger partial charge in [-0.25, -0.2) is 4.79 Å². The van der Waals surface area contributed by atoms with Gasteiger partial charge in [0.15, 0.2) is 10.9 Å². The number of hydrogen-bond donors (Lipinski definition) is 1. The van der Waals surface area contributed by atoms with Crippen molar-refractivity contribution in [3.63, 3.8) is 0 Å². The van der Waals surface area contributed by atoms with Crippen LogP contribution in [0.15, 0.2) is 75.7 Å². The minimum atomic E-state index is -0.695. The third-order valence-electron chi connectivity index (χ3n) is 5.43. The molecule has 180 valence electrons. The molecule has 4 rings (SSSR count). The summed E-state index contributed by atoms with van der Waals surface area (Å²) in [6.45, 7) is 1.93. The van der Waals surface area contributed by atoms with Crippen LogP contribution in [0.5, 0.6) is 5.75 Å². The van der Waals surface area contributed by atoms with E-state index < -0.39 is 17.0 Å². The van der Waals surface area contributed by atoms with E-state index in [4.69, 9.17) is 10.5 Å². The number of methoxy groups -OCH3 is 1. The molecule has 0 amide bonds. The molecule has 0 aliphatic rings. The average Bonchev–Trinajstić information content (AvgIpc) is 3.35. The zero-order chi connectivity index (χ0) is 24.9. The van der Waals surface area contributed by atoms with Crippen molar-refractivity contribution in [1.82, 2.24) is 23.9 Å². The molecule has 4 aromatic rings. The summed E-state index contributed by atoms with van der Waals surface area (Å²) in [4.78, 5) is 39.1. The molecule has 2 N–H and O–H groups in total. The standard InChI is InChI=1S/C24H24N6O4S/c1-3-28-22(32)20(21(25)29(24(28)33)13-16-8-5-4-6-9-16)19(31)14-35-23-27-26-15-30(23)17-10-7-11-18(12-17)34-2/h4-12,15H,3,13-14,25H2,1-2H3. The molecule has 0 atom stereocenters. The maximum Gasteiger partial charge on any atom is 0.332 e. The summed E-state index contributed by atoms with van der Waals surface area (Å²) in [7, 11) is 1.57. The second kappa shape index (κ2) is 10.4. The van der Waals surface area contributed by atoms with E-state index in [2.05, 4.69) is 10.2 Å². The van der Waals surface area contributed by atoms with Gasteiger partial charge < -0.3 is 10.5 Å². The third kappa shape index (κ3) is 4.90. The molecule has 0 saturated carbocycles. The first-order chi connectivity index (χ1) is 16.9. The monoisotopic (exact) mass is 492 g/mol.